The lowest BCUT2D eigenvalue weighted by Crippen LogP contribution is -2.54. The molecule has 0 radical (unpaired) electrons. The highest BCUT2D eigenvalue weighted by atomic mass is 16.7. The van der Waals surface area contributed by atoms with Crippen molar-refractivity contribution in [3.8, 4) is 23.0 Å². The highest BCUT2D eigenvalue weighted by Gasteiger charge is 2.58. The molecule has 0 amide bonds. The molecule has 0 fully saturated rings. The van der Waals surface area contributed by atoms with Crippen LogP contribution in [0.2, 0.25) is 0 Å². The van der Waals surface area contributed by atoms with E-state index in [2.05, 4.69) is 0 Å². The smallest absolute Gasteiger partial charge is 0.319 e. The van der Waals surface area contributed by atoms with Gasteiger partial charge in [0, 0.05) is 52.5 Å². The third-order valence-electron chi connectivity index (χ3n) is 4.71. The Kier molecular flexibility index (Phi) is 7.20. The first-order valence-electron chi connectivity index (χ1n) is 10.3. The van der Waals surface area contributed by atoms with Crippen molar-refractivity contribution in [2.24, 2.45) is 0 Å². The molecule has 184 valence electrons. The van der Waals surface area contributed by atoms with Crippen LogP contribution in [0.1, 0.15) is 49.7 Å². The Labute approximate surface area is 199 Å². The van der Waals surface area contributed by atoms with Crippen LogP contribution in [0, 0.1) is 0 Å². The number of fused-ring (bicyclic) bond motifs is 1. The highest BCUT2D eigenvalue weighted by molar-refractivity contribution is 6.09. The first kappa shape index (κ1) is 25.4. The van der Waals surface area contributed by atoms with Crippen LogP contribution in [0.25, 0.3) is 0 Å². The fourth-order valence-corrected chi connectivity index (χ4v) is 3.59. The third-order valence-corrected chi connectivity index (χ3v) is 4.71. The van der Waals surface area contributed by atoms with E-state index in [9.17, 15) is 24.0 Å². The van der Waals surface area contributed by atoms with Crippen molar-refractivity contribution in [2.75, 3.05) is 7.11 Å². The normalized spacial score (nSPS) is 18.5. The van der Waals surface area contributed by atoms with Gasteiger partial charge in [-0.3, -0.25) is 24.0 Å². The van der Waals surface area contributed by atoms with Crippen LogP contribution in [0.5, 0.6) is 23.0 Å². The molecule has 2 aromatic rings. The number of ether oxygens (including phenoxy) is 6. The zero-order valence-corrected chi connectivity index (χ0v) is 19.5. The molecule has 1 aliphatic rings. The summed E-state index contributed by atoms with van der Waals surface area (Å²) in [6.45, 7) is 4.57. The number of Topliss-reactive ketones (excluding diaryl/α,β-unsaturated/α-hetero) is 1. The summed E-state index contributed by atoms with van der Waals surface area (Å²) in [5, 5.41) is 0. The molecule has 11 nitrogen and oxygen atoms in total. The van der Waals surface area contributed by atoms with Crippen molar-refractivity contribution in [2.45, 2.75) is 39.6 Å². The molecule has 0 unspecified atom stereocenters. The molecule has 0 aromatic heterocycles. The molecule has 3 rings (SSSR count). The molecule has 35 heavy (non-hydrogen) atoms. The molecule has 1 aliphatic heterocycles. The molecular weight excluding hydrogens is 464 g/mol. The van der Waals surface area contributed by atoms with E-state index in [0.717, 1.165) is 33.9 Å². The summed E-state index contributed by atoms with van der Waals surface area (Å²) in [4.78, 5) is 60.5. The second kappa shape index (κ2) is 9.94. The number of carbonyl (C=O) groups excluding carboxylic acids is 5. The molecule has 0 saturated carbocycles. The van der Waals surface area contributed by atoms with E-state index in [1.165, 1.54) is 37.3 Å². The first-order chi connectivity index (χ1) is 16.5. The minimum atomic E-state index is -2.34. The van der Waals surface area contributed by atoms with E-state index < -0.39 is 41.6 Å². The largest absolute Gasteiger partial charge is 0.477 e. The fraction of sp³-hybridized carbons (Fsp3) is 0.292. The van der Waals surface area contributed by atoms with Crippen LogP contribution in [-0.2, 0) is 28.7 Å². The van der Waals surface area contributed by atoms with E-state index in [0.29, 0.717) is 0 Å². The van der Waals surface area contributed by atoms with Gasteiger partial charge in [-0.15, -0.1) is 0 Å². The molecule has 1 heterocycles. The maximum Gasteiger partial charge on any atom is 0.319 e. The molecule has 2 aromatic carbocycles. The molecular formula is C24H22O11. The number of esters is 4. The van der Waals surface area contributed by atoms with Crippen LogP contribution in [-0.4, -0.2) is 42.6 Å². The minimum Gasteiger partial charge on any atom is -0.477 e. The number of benzene rings is 2. The number of hydrogen-bond donors (Lipinski definition) is 0. The maximum absolute atomic E-state index is 13.8. The average Bonchev–Trinajstić information content (AvgIpc) is 2.73. The maximum atomic E-state index is 13.8. The zero-order chi connectivity index (χ0) is 25.9. The lowest BCUT2D eigenvalue weighted by molar-refractivity contribution is -0.231. The van der Waals surface area contributed by atoms with Gasteiger partial charge in [0.05, 0.1) is 0 Å². The summed E-state index contributed by atoms with van der Waals surface area (Å²) >= 11 is 0. The molecule has 0 bridgehead atoms. The Balaban J connectivity index is 2.26. The Bertz CT molecular complexity index is 1220. The standard InChI is InChI=1S/C24H22O11/c1-12(25)31-17-8-6-7-16(9-17)23-24(30-5,35-15(4)28)22(29)21-19(33-14(3)27)10-18(32-13(2)26)11-20(21)34-23/h6-11,23H,1-5H3/t23-,24+/m1/s1. The summed E-state index contributed by atoms with van der Waals surface area (Å²) in [7, 11) is 1.14. The molecule has 0 spiro atoms. The van der Waals surface area contributed by atoms with Crippen molar-refractivity contribution >= 4 is 29.7 Å². The van der Waals surface area contributed by atoms with Gasteiger partial charge in [0.25, 0.3) is 0 Å². The Morgan fingerprint density at radius 1 is 0.829 bits per heavy atom. The number of carbonyl (C=O) groups is 5. The first-order valence-corrected chi connectivity index (χ1v) is 10.3. The van der Waals surface area contributed by atoms with Gasteiger partial charge in [0.15, 0.2) is 6.10 Å². The van der Waals surface area contributed by atoms with E-state index in [1.807, 2.05) is 0 Å². The number of ketones is 1. The van der Waals surface area contributed by atoms with Gasteiger partial charge in [-0.2, -0.15) is 0 Å². The van der Waals surface area contributed by atoms with Gasteiger partial charge >= 0.3 is 29.7 Å². The van der Waals surface area contributed by atoms with Gasteiger partial charge < -0.3 is 28.4 Å². The average molecular weight is 486 g/mol. The van der Waals surface area contributed by atoms with E-state index in [1.54, 1.807) is 0 Å². The summed E-state index contributed by atoms with van der Waals surface area (Å²) in [6, 6.07) is 8.38. The zero-order valence-electron chi connectivity index (χ0n) is 19.5. The van der Waals surface area contributed by atoms with Crippen molar-refractivity contribution in [1.82, 2.24) is 0 Å². The van der Waals surface area contributed by atoms with Gasteiger partial charge in [0.2, 0.25) is 5.78 Å². The Morgan fingerprint density at radius 2 is 1.46 bits per heavy atom. The lowest BCUT2D eigenvalue weighted by Gasteiger charge is -2.41. The fourth-order valence-electron chi connectivity index (χ4n) is 3.59. The van der Waals surface area contributed by atoms with Gasteiger partial charge in [-0.1, -0.05) is 12.1 Å². The third kappa shape index (κ3) is 5.30. The molecule has 0 N–H and O–H groups in total. The van der Waals surface area contributed by atoms with E-state index >= 15 is 0 Å². The monoisotopic (exact) mass is 486 g/mol. The predicted molar refractivity (Wildman–Crippen MR) is 116 cm³/mol. The predicted octanol–water partition coefficient (Wildman–Crippen LogP) is 2.68. The van der Waals surface area contributed by atoms with Crippen LogP contribution < -0.4 is 18.9 Å². The summed E-state index contributed by atoms with van der Waals surface area (Å²) < 4.78 is 32.2. The highest BCUT2D eigenvalue weighted by Crippen LogP contribution is 2.49. The molecule has 0 aliphatic carbocycles. The van der Waals surface area contributed by atoms with Crippen molar-refractivity contribution < 1.29 is 52.4 Å². The van der Waals surface area contributed by atoms with Crippen LogP contribution in [0.3, 0.4) is 0 Å². The van der Waals surface area contributed by atoms with Crippen molar-refractivity contribution in [3.63, 3.8) is 0 Å². The lowest BCUT2D eigenvalue weighted by atomic mass is 9.89. The van der Waals surface area contributed by atoms with Gasteiger partial charge in [-0.25, -0.2) is 0 Å². The summed E-state index contributed by atoms with van der Waals surface area (Å²) in [5.74, 6) is -6.48. The summed E-state index contributed by atoms with van der Waals surface area (Å²) in [5.41, 5.74) is -0.0237. The van der Waals surface area contributed by atoms with Crippen molar-refractivity contribution in [1.29, 1.82) is 0 Å². The second-order valence-corrected chi connectivity index (χ2v) is 7.44. The van der Waals surface area contributed by atoms with Gasteiger partial charge in [-0.05, 0) is 12.1 Å². The van der Waals surface area contributed by atoms with Crippen LogP contribution in [0.4, 0.5) is 0 Å². The van der Waals surface area contributed by atoms with Gasteiger partial charge in [0.1, 0.15) is 28.6 Å². The number of rotatable bonds is 6. The molecule has 0 saturated heterocycles. The molecule has 2 atom stereocenters. The number of hydrogen-bond acceptors (Lipinski definition) is 11. The minimum absolute atomic E-state index is 0.0647. The SMILES string of the molecule is CO[C@]1(OC(C)=O)C(=O)c2c(OC(C)=O)cc(OC(C)=O)cc2O[C@@H]1c1cccc(OC(C)=O)c1. The van der Waals surface area contributed by atoms with E-state index in [4.69, 9.17) is 28.4 Å². The van der Waals surface area contributed by atoms with Crippen molar-refractivity contribution in [3.05, 3.63) is 47.5 Å². The van der Waals surface area contributed by atoms with Crippen LogP contribution in [0.15, 0.2) is 36.4 Å². The quantitative estimate of drug-likeness (QED) is 0.338. The van der Waals surface area contributed by atoms with Crippen LogP contribution >= 0.6 is 0 Å². The Morgan fingerprint density at radius 3 is 2.03 bits per heavy atom. The summed E-state index contributed by atoms with van der Waals surface area (Å²) in [6.07, 6.45) is -1.40. The topological polar surface area (TPSA) is 141 Å². The van der Waals surface area contributed by atoms with E-state index in [-0.39, 0.29) is 34.1 Å². The number of methoxy groups -OCH3 is 1. The second-order valence-electron chi connectivity index (χ2n) is 7.44. The Hall–Kier alpha value is -4.25. The molecule has 11 heteroatoms.